The highest BCUT2D eigenvalue weighted by Gasteiger charge is 2.59. The number of carbonyl (C=O) groups excluding carboxylic acids is 1. The van der Waals surface area contributed by atoms with Crippen LogP contribution in [0.4, 0.5) is 11.4 Å². The van der Waals surface area contributed by atoms with Crippen molar-refractivity contribution >= 4 is 17.3 Å². The quantitative estimate of drug-likeness (QED) is 0.239. The molecular formula is C31H28N6O5. The second-order valence-corrected chi connectivity index (χ2v) is 10.4. The van der Waals surface area contributed by atoms with Gasteiger partial charge in [0.15, 0.2) is 0 Å². The van der Waals surface area contributed by atoms with Crippen LogP contribution in [0.3, 0.4) is 0 Å². The van der Waals surface area contributed by atoms with Crippen molar-refractivity contribution in [3.05, 3.63) is 138 Å². The van der Waals surface area contributed by atoms with E-state index in [1.54, 1.807) is 92.9 Å². The van der Waals surface area contributed by atoms with E-state index in [-0.39, 0.29) is 22.4 Å². The minimum absolute atomic E-state index is 0.0657. The zero-order valence-corrected chi connectivity index (χ0v) is 23.7. The number of para-hydroxylation sites is 2. The molecule has 5 aromatic rings. The van der Waals surface area contributed by atoms with Gasteiger partial charge in [-0.25, -0.2) is 9.36 Å². The summed E-state index contributed by atoms with van der Waals surface area (Å²) in [6.07, 6.45) is 0. The molecule has 0 spiro atoms. The Morgan fingerprint density at radius 1 is 0.690 bits per heavy atom. The maximum Gasteiger partial charge on any atom is 0.276 e. The molecular weight excluding hydrogens is 536 g/mol. The third kappa shape index (κ3) is 3.36. The van der Waals surface area contributed by atoms with E-state index in [1.807, 2.05) is 12.1 Å². The summed E-state index contributed by atoms with van der Waals surface area (Å²) in [5, 5.41) is 12.0. The van der Waals surface area contributed by atoms with Crippen molar-refractivity contribution in [3.63, 3.8) is 0 Å². The van der Waals surface area contributed by atoms with Gasteiger partial charge in [0, 0.05) is 55.9 Å². The summed E-state index contributed by atoms with van der Waals surface area (Å²) in [6, 6.07) is 22.1. The lowest BCUT2D eigenvalue weighted by Crippen LogP contribution is -2.47. The van der Waals surface area contributed by atoms with E-state index >= 15 is 0 Å². The molecule has 11 nitrogen and oxygen atoms in total. The zero-order chi connectivity index (χ0) is 30.1. The number of nitro benzene ring substituents is 1. The predicted octanol–water partition coefficient (Wildman–Crippen LogP) is 3.50. The lowest BCUT2D eigenvalue weighted by Gasteiger charge is -2.27. The van der Waals surface area contributed by atoms with Gasteiger partial charge in [0.25, 0.3) is 16.8 Å². The number of nitro groups is 1. The third-order valence-corrected chi connectivity index (χ3v) is 8.44. The Balaban J connectivity index is 1.83. The van der Waals surface area contributed by atoms with Gasteiger partial charge < -0.3 is 4.90 Å². The molecule has 1 amide bonds. The molecule has 6 rings (SSSR count). The van der Waals surface area contributed by atoms with Gasteiger partial charge in [-0.05, 0) is 44.2 Å². The molecule has 0 atom stereocenters. The van der Waals surface area contributed by atoms with Crippen molar-refractivity contribution in [2.24, 2.45) is 14.1 Å². The summed E-state index contributed by atoms with van der Waals surface area (Å²) in [5.41, 5.74) is -0.478. The number of hydrogen-bond acceptors (Lipinski definition) is 5. The van der Waals surface area contributed by atoms with Gasteiger partial charge in [-0.2, -0.15) is 0 Å². The number of non-ortho nitro benzene ring substituents is 1. The summed E-state index contributed by atoms with van der Waals surface area (Å²) in [6.45, 7) is 3.43. The fraction of sp³-hybridized carbons (Fsp3) is 0.194. The molecule has 1 aliphatic heterocycles. The first-order chi connectivity index (χ1) is 20.0. The molecule has 212 valence electrons. The highest BCUT2D eigenvalue weighted by atomic mass is 16.6. The highest BCUT2D eigenvalue weighted by Crippen LogP contribution is 2.51. The van der Waals surface area contributed by atoms with Crippen LogP contribution < -0.4 is 16.0 Å². The monoisotopic (exact) mass is 564 g/mol. The van der Waals surface area contributed by atoms with Crippen LogP contribution in [0.2, 0.25) is 0 Å². The molecule has 0 radical (unpaired) electrons. The molecule has 42 heavy (non-hydrogen) atoms. The third-order valence-electron chi connectivity index (χ3n) is 8.44. The van der Waals surface area contributed by atoms with Gasteiger partial charge in [0.2, 0.25) is 5.91 Å². The van der Waals surface area contributed by atoms with Gasteiger partial charge in [0.1, 0.15) is 5.41 Å². The van der Waals surface area contributed by atoms with Gasteiger partial charge in [-0.15, -0.1) is 0 Å². The van der Waals surface area contributed by atoms with E-state index in [1.165, 1.54) is 32.5 Å². The average Bonchev–Trinajstić information content (AvgIpc) is 3.45. The SMILES string of the molecule is Cc1c(C2(c3c(C)n(C)n(-c4ccccc4)c3=O)C(=O)N(C)c3ccc([N+](=O)[O-])cc32)c(=O)n(-c2ccccc2)n1C. The van der Waals surface area contributed by atoms with Gasteiger partial charge in [-0.3, -0.25) is 33.9 Å². The first-order valence-corrected chi connectivity index (χ1v) is 13.3. The van der Waals surface area contributed by atoms with Crippen LogP contribution in [-0.2, 0) is 24.3 Å². The van der Waals surface area contributed by atoms with Crippen molar-refractivity contribution < 1.29 is 9.72 Å². The van der Waals surface area contributed by atoms with Crippen LogP contribution >= 0.6 is 0 Å². The minimum Gasteiger partial charge on any atom is -0.314 e. The average molecular weight is 565 g/mol. The van der Waals surface area contributed by atoms with Crippen LogP contribution in [0, 0.1) is 24.0 Å². The van der Waals surface area contributed by atoms with E-state index in [2.05, 4.69) is 0 Å². The molecule has 0 saturated carbocycles. The highest BCUT2D eigenvalue weighted by molar-refractivity contribution is 6.13. The van der Waals surface area contributed by atoms with Crippen LogP contribution in [0.15, 0.2) is 88.5 Å². The molecule has 3 heterocycles. The van der Waals surface area contributed by atoms with Crippen molar-refractivity contribution in [1.29, 1.82) is 0 Å². The van der Waals surface area contributed by atoms with Gasteiger partial charge >= 0.3 is 0 Å². The van der Waals surface area contributed by atoms with Crippen LogP contribution in [0.25, 0.3) is 11.4 Å². The number of benzene rings is 3. The molecule has 0 bridgehead atoms. The summed E-state index contributed by atoms with van der Waals surface area (Å²) in [5.74, 6) is -0.546. The van der Waals surface area contributed by atoms with E-state index in [4.69, 9.17) is 0 Å². The summed E-state index contributed by atoms with van der Waals surface area (Å²) in [7, 11) is 4.97. The number of likely N-dealkylation sites (N-methyl/N-ethyl adjacent to an activating group) is 1. The Bertz CT molecular complexity index is 1930. The molecule has 0 aliphatic carbocycles. The zero-order valence-electron chi connectivity index (χ0n) is 23.7. The number of amides is 1. The molecule has 0 N–H and O–H groups in total. The first kappa shape index (κ1) is 26.8. The Hall–Kier alpha value is -5.45. The predicted molar refractivity (Wildman–Crippen MR) is 158 cm³/mol. The summed E-state index contributed by atoms with van der Waals surface area (Å²) in [4.78, 5) is 56.7. The Morgan fingerprint density at radius 2 is 1.14 bits per heavy atom. The van der Waals surface area contributed by atoms with Crippen molar-refractivity contribution in [3.8, 4) is 11.4 Å². The summed E-state index contributed by atoms with van der Waals surface area (Å²) < 4.78 is 6.18. The maximum absolute atomic E-state index is 14.7. The first-order valence-electron chi connectivity index (χ1n) is 13.3. The lowest BCUT2D eigenvalue weighted by atomic mass is 9.70. The Labute approximate surface area is 240 Å². The minimum atomic E-state index is -1.96. The topological polar surface area (TPSA) is 117 Å². The molecule has 1 aliphatic rings. The van der Waals surface area contributed by atoms with Crippen LogP contribution in [0.1, 0.15) is 28.1 Å². The Kier molecular flexibility index (Phi) is 5.92. The number of fused-ring (bicyclic) bond motifs is 1. The van der Waals surface area contributed by atoms with E-state index in [9.17, 15) is 24.5 Å². The van der Waals surface area contributed by atoms with Crippen molar-refractivity contribution in [2.75, 3.05) is 11.9 Å². The van der Waals surface area contributed by atoms with Crippen molar-refractivity contribution in [2.45, 2.75) is 19.3 Å². The number of aromatic nitrogens is 4. The number of anilines is 1. The number of hydrogen-bond donors (Lipinski definition) is 0. The Morgan fingerprint density at radius 3 is 1.57 bits per heavy atom. The number of carbonyl (C=O) groups is 1. The molecule has 0 fully saturated rings. The van der Waals surface area contributed by atoms with Crippen LogP contribution in [-0.4, -0.2) is 36.6 Å². The maximum atomic E-state index is 14.7. The largest absolute Gasteiger partial charge is 0.314 e. The number of rotatable bonds is 5. The fourth-order valence-corrected chi connectivity index (χ4v) is 6.32. The second kappa shape index (κ2) is 9.30. The fourth-order valence-electron chi connectivity index (χ4n) is 6.32. The van der Waals surface area contributed by atoms with Crippen LogP contribution in [0.5, 0.6) is 0 Å². The molecule has 0 saturated heterocycles. The van der Waals surface area contributed by atoms with E-state index in [0.717, 1.165) is 0 Å². The van der Waals surface area contributed by atoms with E-state index in [0.29, 0.717) is 28.5 Å². The second-order valence-electron chi connectivity index (χ2n) is 10.4. The number of nitrogens with zero attached hydrogens (tertiary/aromatic N) is 6. The van der Waals surface area contributed by atoms with Gasteiger partial charge in [-0.1, -0.05) is 36.4 Å². The molecule has 11 heteroatoms. The van der Waals surface area contributed by atoms with Crippen molar-refractivity contribution in [1.82, 2.24) is 18.7 Å². The van der Waals surface area contributed by atoms with Gasteiger partial charge in [0.05, 0.1) is 27.4 Å². The molecule has 2 aromatic heterocycles. The lowest BCUT2D eigenvalue weighted by molar-refractivity contribution is -0.384. The standard InChI is InChI=1S/C31H28N6O5/c1-19-26(28(38)35(33(19)4)21-12-8-6-9-13-21)31(24-18-23(37(41)42)16-17-25(24)32(3)30(31)40)27-20(2)34(5)36(29(27)39)22-14-10-7-11-15-22/h6-18H,1-5H3. The molecule has 3 aromatic carbocycles. The normalized spacial score (nSPS) is 13.9. The summed E-state index contributed by atoms with van der Waals surface area (Å²) >= 11 is 0. The van der Waals surface area contributed by atoms with E-state index < -0.39 is 27.4 Å². The smallest absolute Gasteiger partial charge is 0.276 e. The molecule has 0 unspecified atom stereocenters.